The van der Waals surface area contributed by atoms with Crippen LogP contribution in [-0.2, 0) is 4.74 Å². The van der Waals surface area contributed by atoms with E-state index >= 15 is 0 Å². The van der Waals surface area contributed by atoms with Crippen LogP contribution in [0.15, 0.2) is 24.3 Å². The van der Waals surface area contributed by atoms with E-state index < -0.39 is 5.97 Å². The largest absolute Gasteiger partial charge is 0.460 e. The highest BCUT2D eigenvalue weighted by atomic mass is 35.5. The lowest BCUT2D eigenvalue weighted by molar-refractivity contribution is 0.0434. The molecule has 2 aromatic rings. The van der Waals surface area contributed by atoms with Crippen molar-refractivity contribution in [1.82, 2.24) is 9.78 Å². The molecule has 0 radical (unpaired) electrons. The molecular weight excluding hydrogens is 280 g/mol. The van der Waals surface area contributed by atoms with Gasteiger partial charge in [-0.2, -0.15) is 5.10 Å². The second-order valence-electron chi connectivity index (χ2n) is 4.30. The maximum absolute atomic E-state index is 11.6. The van der Waals surface area contributed by atoms with Gasteiger partial charge in [0.15, 0.2) is 0 Å². The molecule has 0 bridgehead atoms. The summed E-state index contributed by atoms with van der Waals surface area (Å²) in [6.07, 6.45) is 0. The minimum Gasteiger partial charge on any atom is -0.460 e. The molecule has 5 nitrogen and oxygen atoms in total. The highest BCUT2D eigenvalue weighted by molar-refractivity contribution is 6.31. The Hall–Kier alpha value is -1.85. The molecular formula is C14H15ClN2O3. The van der Waals surface area contributed by atoms with Crippen molar-refractivity contribution in [3.63, 3.8) is 0 Å². The van der Waals surface area contributed by atoms with Gasteiger partial charge in [-0.05, 0) is 38.1 Å². The summed E-state index contributed by atoms with van der Waals surface area (Å²) in [5.41, 5.74) is 2.85. The van der Waals surface area contributed by atoms with Crippen molar-refractivity contribution in [3.8, 4) is 5.69 Å². The number of hydrogen-bond acceptors (Lipinski definition) is 4. The van der Waals surface area contributed by atoms with Gasteiger partial charge in [0.1, 0.15) is 6.61 Å². The van der Waals surface area contributed by atoms with Crippen molar-refractivity contribution in [2.45, 2.75) is 13.8 Å². The Bertz CT molecular complexity index is 620. The van der Waals surface area contributed by atoms with Crippen molar-refractivity contribution in [2.24, 2.45) is 0 Å². The fourth-order valence-electron chi connectivity index (χ4n) is 1.84. The molecule has 0 fully saturated rings. The summed E-state index contributed by atoms with van der Waals surface area (Å²) in [5, 5.41) is 13.6. The summed E-state index contributed by atoms with van der Waals surface area (Å²) < 4.78 is 6.56. The standard InChI is InChI=1S/C14H15ClN2O3/c1-9-13(15)10(2)17(16-9)12-5-3-11(4-6-12)14(19)20-8-7-18/h3-6,18H,7-8H2,1-2H3. The minimum absolute atomic E-state index is 0.00630. The second-order valence-corrected chi connectivity index (χ2v) is 4.68. The number of rotatable bonds is 4. The summed E-state index contributed by atoms with van der Waals surface area (Å²) >= 11 is 6.11. The van der Waals surface area contributed by atoms with E-state index in [2.05, 4.69) is 5.10 Å². The Labute approximate surface area is 121 Å². The van der Waals surface area contributed by atoms with Gasteiger partial charge in [-0.25, -0.2) is 9.48 Å². The molecule has 0 atom stereocenters. The van der Waals surface area contributed by atoms with E-state index in [4.69, 9.17) is 21.4 Å². The molecule has 0 amide bonds. The van der Waals surface area contributed by atoms with Gasteiger partial charge in [-0.1, -0.05) is 11.6 Å². The number of aliphatic hydroxyl groups excluding tert-OH is 1. The molecule has 1 aromatic carbocycles. The van der Waals surface area contributed by atoms with Crippen molar-refractivity contribution in [3.05, 3.63) is 46.2 Å². The van der Waals surface area contributed by atoms with E-state index in [0.717, 1.165) is 17.1 Å². The first-order chi connectivity index (χ1) is 9.54. The van der Waals surface area contributed by atoms with Crippen molar-refractivity contribution >= 4 is 17.6 Å². The predicted octanol–water partition coefficient (Wildman–Crippen LogP) is 2.29. The summed E-state index contributed by atoms with van der Waals surface area (Å²) in [4.78, 5) is 11.6. The van der Waals surface area contributed by atoms with Crippen LogP contribution in [0, 0.1) is 13.8 Å². The molecule has 2 rings (SSSR count). The first kappa shape index (κ1) is 14.6. The molecule has 20 heavy (non-hydrogen) atoms. The third-order valence-electron chi connectivity index (χ3n) is 2.88. The van der Waals surface area contributed by atoms with E-state index in [9.17, 15) is 4.79 Å². The van der Waals surface area contributed by atoms with Crippen LogP contribution in [-0.4, -0.2) is 34.1 Å². The number of hydrogen-bond donors (Lipinski definition) is 1. The third kappa shape index (κ3) is 2.84. The molecule has 0 aliphatic heterocycles. The van der Waals surface area contributed by atoms with Gasteiger partial charge in [0.25, 0.3) is 0 Å². The Kier molecular flexibility index (Phi) is 4.42. The Morgan fingerprint density at radius 1 is 1.35 bits per heavy atom. The van der Waals surface area contributed by atoms with Crippen LogP contribution >= 0.6 is 11.6 Å². The average Bonchev–Trinajstić information content (AvgIpc) is 2.72. The lowest BCUT2D eigenvalue weighted by atomic mass is 10.2. The lowest BCUT2D eigenvalue weighted by Crippen LogP contribution is -2.09. The number of carbonyl (C=O) groups is 1. The van der Waals surface area contributed by atoms with Crippen LogP contribution in [0.2, 0.25) is 5.02 Å². The molecule has 0 unspecified atom stereocenters. The summed E-state index contributed by atoms with van der Waals surface area (Å²) in [6.45, 7) is 3.53. The Morgan fingerprint density at radius 2 is 2.00 bits per heavy atom. The van der Waals surface area contributed by atoms with Crippen LogP contribution in [0.25, 0.3) is 5.69 Å². The molecule has 6 heteroatoms. The molecule has 0 saturated carbocycles. The van der Waals surface area contributed by atoms with Crippen LogP contribution < -0.4 is 0 Å². The maximum Gasteiger partial charge on any atom is 0.338 e. The molecule has 1 aromatic heterocycles. The van der Waals surface area contributed by atoms with Gasteiger partial charge in [0.2, 0.25) is 0 Å². The molecule has 0 saturated heterocycles. The number of aromatic nitrogens is 2. The topological polar surface area (TPSA) is 64.4 Å². The fourth-order valence-corrected chi connectivity index (χ4v) is 1.95. The maximum atomic E-state index is 11.6. The van der Waals surface area contributed by atoms with Crippen LogP contribution in [0.4, 0.5) is 0 Å². The van der Waals surface area contributed by atoms with Crippen LogP contribution in [0.3, 0.4) is 0 Å². The number of halogens is 1. The molecule has 1 N–H and O–H groups in total. The first-order valence-electron chi connectivity index (χ1n) is 6.14. The fraction of sp³-hybridized carbons (Fsp3) is 0.286. The van der Waals surface area contributed by atoms with Crippen molar-refractivity contribution < 1.29 is 14.6 Å². The van der Waals surface area contributed by atoms with E-state index in [-0.39, 0.29) is 13.2 Å². The Balaban J connectivity index is 2.24. The highest BCUT2D eigenvalue weighted by Crippen LogP contribution is 2.22. The minimum atomic E-state index is -0.461. The SMILES string of the molecule is Cc1nn(-c2ccc(C(=O)OCCO)cc2)c(C)c1Cl. The monoisotopic (exact) mass is 294 g/mol. The highest BCUT2D eigenvalue weighted by Gasteiger charge is 2.12. The zero-order valence-corrected chi connectivity index (χ0v) is 12.0. The van der Waals surface area contributed by atoms with Gasteiger partial charge in [-0.3, -0.25) is 0 Å². The average molecular weight is 295 g/mol. The summed E-state index contributed by atoms with van der Waals surface area (Å²) in [5.74, 6) is -0.461. The normalized spacial score (nSPS) is 10.6. The number of nitrogens with zero attached hydrogens (tertiary/aromatic N) is 2. The third-order valence-corrected chi connectivity index (χ3v) is 3.42. The van der Waals surface area contributed by atoms with Crippen molar-refractivity contribution in [1.29, 1.82) is 0 Å². The number of ether oxygens (including phenoxy) is 1. The predicted molar refractivity (Wildman–Crippen MR) is 75.4 cm³/mol. The van der Waals surface area contributed by atoms with E-state index in [1.807, 2.05) is 13.8 Å². The van der Waals surface area contributed by atoms with Gasteiger partial charge < -0.3 is 9.84 Å². The number of aryl methyl sites for hydroxylation is 1. The van der Waals surface area contributed by atoms with Gasteiger partial charge in [0, 0.05) is 0 Å². The number of benzene rings is 1. The summed E-state index contributed by atoms with van der Waals surface area (Å²) in [6, 6.07) is 6.84. The van der Waals surface area contributed by atoms with E-state index in [1.165, 1.54) is 0 Å². The first-order valence-corrected chi connectivity index (χ1v) is 6.52. The van der Waals surface area contributed by atoms with E-state index in [0.29, 0.717) is 10.6 Å². The quantitative estimate of drug-likeness (QED) is 0.879. The van der Waals surface area contributed by atoms with E-state index in [1.54, 1.807) is 28.9 Å². The lowest BCUT2D eigenvalue weighted by Gasteiger charge is -2.06. The van der Waals surface area contributed by atoms with Gasteiger partial charge in [0.05, 0.1) is 34.3 Å². The zero-order chi connectivity index (χ0) is 14.7. The summed E-state index contributed by atoms with van der Waals surface area (Å²) in [7, 11) is 0. The number of esters is 1. The zero-order valence-electron chi connectivity index (χ0n) is 11.3. The molecule has 0 spiro atoms. The van der Waals surface area contributed by atoms with Crippen LogP contribution in [0.1, 0.15) is 21.7 Å². The number of carbonyl (C=O) groups excluding carboxylic acids is 1. The van der Waals surface area contributed by atoms with Gasteiger partial charge >= 0.3 is 5.97 Å². The smallest absolute Gasteiger partial charge is 0.338 e. The molecule has 1 heterocycles. The molecule has 0 aliphatic rings. The Morgan fingerprint density at radius 3 is 2.50 bits per heavy atom. The molecule has 106 valence electrons. The number of aliphatic hydroxyl groups is 1. The van der Waals surface area contributed by atoms with Crippen LogP contribution in [0.5, 0.6) is 0 Å². The van der Waals surface area contributed by atoms with Crippen molar-refractivity contribution in [2.75, 3.05) is 13.2 Å². The van der Waals surface area contributed by atoms with Gasteiger partial charge in [-0.15, -0.1) is 0 Å². The molecule has 0 aliphatic carbocycles. The second kappa shape index (κ2) is 6.07.